The Morgan fingerprint density at radius 3 is 2.45 bits per heavy atom. The topological polar surface area (TPSA) is 55.1 Å². The van der Waals surface area contributed by atoms with Gasteiger partial charge in [0.2, 0.25) is 0 Å². The first-order valence-corrected chi connectivity index (χ1v) is 6.49. The second-order valence-electron chi connectivity index (χ2n) is 4.30. The highest BCUT2D eigenvalue weighted by Gasteiger charge is 2.13. The molecule has 3 nitrogen and oxygen atoms in total. The molecule has 2 aromatic carbocycles. The fourth-order valence-corrected chi connectivity index (χ4v) is 1.92. The van der Waals surface area contributed by atoms with Crippen molar-refractivity contribution in [3.8, 4) is 0 Å². The summed E-state index contributed by atoms with van der Waals surface area (Å²) in [6.45, 7) is 0.788. The van der Waals surface area contributed by atoms with Crippen molar-refractivity contribution in [2.75, 3.05) is 0 Å². The summed E-state index contributed by atoms with van der Waals surface area (Å²) in [5.74, 6) is -1.20. The number of nitrogens with two attached hydrogens (primary N) is 1. The minimum absolute atomic E-state index is 0.0592. The molecule has 0 aromatic heterocycles. The molecule has 3 N–H and O–H groups in total. The lowest BCUT2D eigenvalue weighted by Gasteiger charge is -2.07. The van der Waals surface area contributed by atoms with Gasteiger partial charge >= 0.3 is 0 Å². The zero-order valence-electron chi connectivity index (χ0n) is 10.7. The van der Waals surface area contributed by atoms with Crippen LogP contribution in [0.3, 0.4) is 0 Å². The predicted octanol–water partition coefficient (Wildman–Crippen LogP) is 2.87. The van der Waals surface area contributed by atoms with Crippen LogP contribution in [-0.2, 0) is 13.1 Å². The van der Waals surface area contributed by atoms with Gasteiger partial charge in [0, 0.05) is 13.1 Å². The maximum Gasteiger partial charge on any atom is 0.254 e. The van der Waals surface area contributed by atoms with Crippen molar-refractivity contribution in [3.63, 3.8) is 0 Å². The van der Waals surface area contributed by atoms with Crippen LogP contribution < -0.4 is 11.1 Å². The first kappa shape index (κ1) is 14.5. The average molecular weight is 293 g/mol. The Hall–Kier alpha value is -1.91. The van der Waals surface area contributed by atoms with Crippen LogP contribution >= 0.6 is 11.6 Å². The van der Waals surface area contributed by atoms with Gasteiger partial charge in [0.1, 0.15) is 0 Å². The number of hydrogen-bond acceptors (Lipinski definition) is 2. The lowest BCUT2D eigenvalue weighted by molar-refractivity contribution is 0.0947. The first-order valence-electron chi connectivity index (χ1n) is 6.12. The molecule has 104 valence electrons. The molecule has 0 bridgehead atoms. The summed E-state index contributed by atoms with van der Waals surface area (Å²) in [5, 5.41) is 2.59. The van der Waals surface area contributed by atoms with Gasteiger partial charge in [0.05, 0.1) is 10.6 Å². The van der Waals surface area contributed by atoms with Crippen molar-refractivity contribution in [1.82, 2.24) is 5.32 Å². The van der Waals surface area contributed by atoms with Gasteiger partial charge in [0.15, 0.2) is 5.82 Å². The number of carbonyl (C=O) groups excluding carboxylic acids is 1. The van der Waals surface area contributed by atoms with Crippen LogP contribution in [0.4, 0.5) is 4.39 Å². The molecule has 2 rings (SSSR count). The number of rotatable bonds is 4. The summed E-state index contributed by atoms with van der Waals surface area (Å²) in [5.41, 5.74) is 7.38. The molecular formula is C15H14ClFN2O. The summed E-state index contributed by atoms with van der Waals surface area (Å²) >= 11 is 5.64. The van der Waals surface area contributed by atoms with E-state index in [2.05, 4.69) is 5.32 Å². The molecule has 0 spiro atoms. The highest BCUT2D eigenvalue weighted by Crippen LogP contribution is 2.17. The van der Waals surface area contributed by atoms with E-state index in [-0.39, 0.29) is 10.6 Å². The quantitative estimate of drug-likeness (QED) is 0.910. The van der Waals surface area contributed by atoms with Gasteiger partial charge in [-0.15, -0.1) is 0 Å². The summed E-state index contributed by atoms with van der Waals surface area (Å²) in [6, 6.07) is 11.9. The number of carbonyl (C=O) groups is 1. The van der Waals surface area contributed by atoms with Crippen molar-refractivity contribution in [1.29, 1.82) is 0 Å². The van der Waals surface area contributed by atoms with Crippen molar-refractivity contribution in [3.05, 3.63) is 70.0 Å². The monoisotopic (exact) mass is 292 g/mol. The zero-order chi connectivity index (χ0) is 14.5. The van der Waals surface area contributed by atoms with Gasteiger partial charge in [-0.25, -0.2) is 4.39 Å². The average Bonchev–Trinajstić information content (AvgIpc) is 2.48. The van der Waals surface area contributed by atoms with Crippen LogP contribution in [0.5, 0.6) is 0 Å². The van der Waals surface area contributed by atoms with Crippen LogP contribution in [0.2, 0.25) is 5.02 Å². The third-order valence-corrected chi connectivity index (χ3v) is 3.20. The number of amides is 1. The fourth-order valence-electron chi connectivity index (χ4n) is 1.75. The van der Waals surface area contributed by atoms with Crippen molar-refractivity contribution in [2.45, 2.75) is 13.1 Å². The van der Waals surface area contributed by atoms with Gasteiger partial charge in [-0.05, 0) is 23.3 Å². The molecule has 5 heteroatoms. The van der Waals surface area contributed by atoms with E-state index in [4.69, 9.17) is 17.3 Å². The number of hydrogen-bond donors (Lipinski definition) is 2. The summed E-state index contributed by atoms with van der Waals surface area (Å²) in [4.78, 5) is 11.9. The van der Waals surface area contributed by atoms with E-state index >= 15 is 0 Å². The number of nitrogens with one attached hydrogen (secondary N) is 1. The molecule has 0 saturated carbocycles. The van der Waals surface area contributed by atoms with Crippen LogP contribution in [0.15, 0.2) is 42.5 Å². The van der Waals surface area contributed by atoms with Crippen molar-refractivity contribution in [2.24, 2.45) is 5.73 Å². The lowest BCUT2D eigenvalue weighted by atomic mass is 10.1. The first-order chi connectivity index (χ1) is 9.61. The molecule has 0 heterocycles. The lowest BCUT2D eigenvalue weighted by Crippen LogP contribution is -2.23. The standard InChI is InChI=1S/C15H14ClFN2O/c16-13-3-1-2-12(14(13)17)15(20)19-9-11-6-4-10(8-18)5-7-11/h1-7H,8-9,18H2,(H,19,20). The second kappa shape index (κ2) is 6.50. The molecule has 0 aliphatic rings. The van der Waals surface area contributed by atoms with E-state index < -0.39 is 11.7 Å². The molecule has 0 atom stereocenters. The smallest absolute Gasteiger partial charge is 0.254 e. The van der Waals surface area contributed by atoms with Gasteiger partial charge in [-0.2, -0.15) is 0 Å². The van der Waals surface area contributed by atoms with Gasteiger partial charge in [0.25, 0.3) is 5.91 Å². The minimum Gasteiger partial charge on any atom is -0.348 e. The summed E-state index contributed by atoms with van der Waals surface area (Å²) in [7, 11) is 0. The van der Waals surface area contributed by atoms with E-state index in [0.29, 0.717) is 13.1 Å². The highest BCUT2D eigenvalue weighted by atomic mass is 35.5. The molecule has 0 radical (unpaired) electrons. The minimum atomic E-state index is -0.704. The normalized spacial score (nSPS) is 10.3. The Balaban J connectivity index is 2.02. The van der Waals surface area contributed by atoms with Crippen LogP contribution in [0.1, 0.15) is 21.5 Å². The molecule has 0 saturated heterocycles. The van der Waals surface area contributed by atoms with Crippen molar-refractivity contribution >= 4 is 17.5 Å². The molecule has 0 aliphatic carbocycles. The molecule has 0 aliphatic heterocycles. The fraction of sp³-hybridized carbons (Fsp3) is 0.133. The van der Waals surface area contributed by atoms with E-state index in [1.807, 2.05) is 24.3 Å². The molecular weight excluding hydrogens is 279 g/mol. The Kier molecular flexibility index (Phi) is 4.71. The van der Waals surface area contributed by atoms with E-state index in [9.17, 15) is 9.18 Å². The SMILES string of the molecule is NCc1ccc(CNC(=O)c2cccc(Cl)c2F)cc1. The van der Waals surface area contributed by atoms with E-state index in [1.54, 1.807) is 0 Å². The molecule has 20 heavy (non-hydrogen) atoms. The van der Waals surface area contributed by atoms with E-state index in [1.165, 1.54) is 18.2 Å². The van der Waals surface area contributed by atoms with E-state index in [0.717, 1.165) is 11.1 Å². The predicted molar refractivity (Wildman–Crippen MR) is 76.9 cm³/mol. The second-order valence-corrected chi connectivity index (χ2v) is 4.71. The zero-order valence-corrected chi connectivity index (χ0v) is 11.5. The Morgan fingerprint density at radius 2 is 1.80 bits per heavy atom. The third-order valence-electron chi connectivity index (χ3n) is 2.91. The maximum absolute atomic E-state index is 13.7. The van der Waals surface area contributed by atoms with Crippen LogP contribution in [-0.4, -0.2) is 5.91 Å². The summed E-state index contributed by atoms with van der Waals surface area (Å²) in [6.07, 6.45) is 0. The maximum atomic E-state index is 13.7. The highest BCUT2D eigenvalue weighted by molar-refractivity contribution is 6.31. The summed E-state index contributed by atoms with van der Waals surface area (Å²) < 4.78 is 13.7. The van der Waals surface area contributed by atoms with Crippen molar-refractivity contribution < 1.29 is 9.18 Å². The third kappa shape index (κ3) is 3.35. The number of halogens is 2. The van der Waals surface area contributed by atoms with Gasteiger partial charge in [-0.1, -0.05) is 41.9 Å². The Bertz CT molecular complexity index is 614. The molecule has 1 amide bonds. The van der Waals surface area contributed by atoms with Crippen LogP contribution in [0.25, 0.3) is 0 Å². The molecule has 2 aromatic rings. The molecule has 0 unspecified atom stereocenters. The van der Waals surface area contributed by atoms with Crippen LogP contribution in [0, 0.1) is 5.82 Å². The van der Waals surface area contributed by atoms with Gasteiger partial charge < -0.3 is 11.1 Å². The largest absolute Gasteiger partial charge is 0.348 e. The van der Waals surface area contributed by atoms with Gasteiger partial charge in [-0.3, -0.25) is 4.79 Å². The Morgan fingerprint density at radius 1 is 1.15 bits per heavy atom. The number of benzene rings is 2. The Labute approximate surface area is 121 Å². The molecule has 0 fully saturated rings.